The molecule has 0 spiro atoms. The summed E-state index contributed by atoms with van der Waals surface area (Å²) in [4.78, 5) is 25.6. The largest absolute Gasteiger partial charge is 0.481 e. The van der Waals surface area contributed by atoms with Crippen molar-refractivity contribution < 1.29 is 14.7 Å². The molecule has 0 saturated heterocycles. The third-order valence-electron chi connectivity index (χ3n) is 5.03. The number of carboxylic acid groups (broad SMARTS) is 1. The van der Waals surface area contributed by atoms with Crippen molar-refractivity contribution in [3.05, 3.63) is 0 Å². The SMILES string of the molecule is CC(C)C(C)(CC(=O)NCCN(C)C1CCCC1)C(=O)O. The van der Waals surface area contributed by atoms with Crippen LogP contribution in [0.1, 0.15) is 52.9 Å². The number of hydrogen-bond acceptors (Lipinski definition) is 3. The number of carboxylic acids is 1. The second kappa shape index (κ2) is 7.78. The predicted octanol–water partition coefficient (Wildman–Crippen LogP) is 2.11. The molecule has 0 heterocycles. The average molecular weight is 298 g/mol. The van der Waals surface area contributed by atoms with Crippen LogP contribution in [0, 0.1) is 11.3 Å². The van der Waals surface area contributed by atoms with E-state index in [0.29, 0.717) is 12.6 Å². The number of rotatable bonds is 8. The molecule has 122 valence electrons. The molecule has 1 amide bonds. The molecule has 0 aromatic rings. The van der Waals surface area contributed by atoms with E-state index >= 15 is 0 Å². The smallest absolute Gasteiger partial charge is 0.310 e. The summed E-state index contributed by atoms with van der Waals surface area (Å²) in [6.45, 7) is 6.73. The maximum atomic E-state index is 12.0. The van der Waals surface area contributed by atoms with E-state index in [1.807, 2.05) is 13.8 Å². The lowest BCUT2D eigenvalue weighted by Crippen LogP contribution is -2.41. The monoisotopic (exact) mass is 298 g/mol. The fourth-order valence-electron chi connectivity index (χ4n) is 2.82. The van der Waals surface area contributed by atoms with Gasteiger partial charge in [-0.1, -0.05) is 26.7 Å². The molecular weight excluding hydrogens is 268 g/mol. The highest BCUT2D eigenvalue weighted by atomic mass is 16.4. The molecule has 0 radical (unpaired) electrons. The second-order valence-corrected chi connectivity index (χ2v) is 6.82. The lowest BCUT2D eigenvalue weighted by atomic mass is 9.76. The van der Waals surface area contributed by atoms with Crippen molar-refractivity contribution in [3.8, 4) is 0 Å². The first kappa shape index (κ1) is 18.0. The molecule has 0 aromatic carbocycles. The van der Waals surface area contributed by atoms with E-state index in [1.54, 1.807) is 6.92 Å². The summed E-state index contributed by atoms with van der Waals surface area (Å²) in [6.07, 6.45) is 5.12. The Kier molecular flexibility index (Phi) is 6.65. The van der Waals surface area contributed by atoms with Crippen LogP contribution in [0.3, 0.4) is 0 Å². The van der Waals surface area contributed by atoms with Crippen LogP contribution in [-0.2, 0) is 9.59 Å². The number of hydrogen-bond donors (Lipinski definition) is 2. The van der Waals surface area contributed by atoms with E-state index in [9.17, 15) is 14.7 Å². The average Bonchev–Trinajstić information content (AvgIpc) is 2.91. The highest BCUT2D eigenvalue weighted by Gasteiger charge is 2.38. The van der Waals surface area contributed by atoms with Gasteiger partial charge in [-0.25, -0.2) is 0 Å². The van der Waals surface area contributed by atoms with Gasteiger partial charge in [-0.3, -0.25) is 9.59 Å². The molecule has 1 atom stereocenters. The van der Waals surface area contributed by atoms with Gasteiger partial charge < -0.3 is 15.3 Å². The Balaban J connectivity index is 2.34. The maximum Gasteiger partial charge on any atom is 0.310 e. The van der Waals surface area contributed by atoms with Gasteiger partial charge in [0.1, 0.15) is 0 Å². The zero-order chi connectivity index (χ0) is 16.0. The van der Waals surface area contributed by atoms with E-state index in [4.69, 9.17) is 0 Å². The minimum Gasteiger partial charge on any atom is -0.481 e. The maximum absolute atomic E-state index is 12.0. The topological polar surface area (TPSA) is 69.6 Å². The van der Waals surface area contributed by atoms with Crippen LogP contribution in [0.15, 0.2) is 0 Å². The molecule has 5 nitrogen and oxygen atoms in total. The summed E-state index contributed by atoms with van der Waals surface area (Å²) >= 11 is 0. The standard InChI is InChI=1S/C16H30N2O3/c1-12(2)16(3,15(20)21)11-14(19)17-9-10-18(4)13-7-5-6-8-13/h12-13H,5-11H2,1-4H3,(H,17,19)(H,20,21). The first-order valence-electron chi connectivity index (χ1n) is 7.97. The van der Waals surface area contributed by atoms with Crippen molar-refractivity contribution in [2.75, 3.05) is 20.1 Å². The Hall–Kier alpha value is -1.10. The molecule has 21 heavy (non-hydrogen) atoms. The Labute approximate surface area is 128 Å². The zero-order valence-electron chi connectivity index (χ0n) is 13.8. The van der Waals surface area contributed by atoms with Gasteiger partial charge in [0.25, 0.3) is 0 Å². The molecule has 0 bridgehead atoms. The zero-order valence-corrected chi connectivity index (χ0v) is 13.8. The van der Waals surface area contributed by atoms with Crippen LogP contribution in [-0.4, -0.2) is 48.1 Å². The Bertz CT molecular complexity index is 365. The van der Waals surface area contributed by atoms with Crippen molar-refractivity contribution in [3.63, 3.8) is 0 Å². The van der Waals surface area contributed by atoms with Gasteiger partial charge in [-0.2, -0.15) is 0 Å². The van der Waals surface area contributed by atoms with Crippen molar-refractivity contribution >= 4 is 11.9 Å². The van der Waals surface area contributed by atoms with Crippen LogP contribution in [0.4, 0.5) is 0 Å². The second-order valence-electron chi connectivity index (χ2n) is 6.82. The molecule has 1 aliphatic carbocycles. The fourth-order valence-corrected chi connectivity index (χ4v) is 2.82. The lowest BCUT2D eigenvalue weighted by molar-refractivity contribution is -0.153. The minimum absolute atomic E-state index is 0.0349. The number of carbonyl (C=O) groups excluding carboxylic acids is 1. The summed E-state index contributed by atoms with van der Waals surface area (Å²) in [5.41, 5.74) is -0.999. The van der Waals surface area contributed by atoms with Crippen LogP contribution in [0.2, 0.25) is 0 Å². The number of nitrogens with zero attached hydrogens (tertiary/aromatic N) is 1. The van der Waals surface area contributed by atoms with Gasteiger partial charge in [-0.15, -0.1) is 0 Å². The third kappa shape index (κ3) is 4.99. The van der Waals surface area contributed by atoms with Crippen LogP contribution in [0.25, 0.3) is 0 Å². The number of amides is 1. The van der Waals surface area contributed by atoms with Crippen molar-refractivity contribution in [2.24, 2.45) is 11.3 Å². The van der Waals surface area contributed by atoms with E-state index in [2.05, 4.69) is 17.3 Å². The van der Waals surface area contributed by atoms with E-state index in [-0.39, 0.29) is 18.2 Å². The van der Waals surface area contributed by atoms with Crippen molar-refractivity contribution in [1.82, 2.24) is 10.2 Å². The van der Waals surface area contributed by atoms with Gasteiger partial charge in [-0.05, 0) is 32.7 Å². The van der Waals surface area contributed by atoms with Crippen molar-refractivity contribution in [2.45, 2.75) is 58.9 Å². The summed E-state index contributed by atoms with van der Waals surface area (Å²) < 4.78 is 0. The first-order valence-corrected chi connectivity index (χ1v) is 7.97. The molecule has 1 aliphatic rings. The van der Waals surface area contributed by atoms with Crippen LogP contribution in [0.5, 0.6) is 0 Å². The van der Waals surface area contributed by atoms with E-state index < -0.39 is 11.4 Å². The Morgan fingerprint density at radius 1 is 1.33 bits per heavy atom. The number of nitrogens with one attached hydrogen (secondary N) is 1. The molecule has 2 N–H and O–H groups in total. The fraction of sp³-hybridized carbons (Fsp3) is 0.875. The molecule has 0 aromatic heterocycles. The molecule has 1 rings (SSSR count). The highest BCUT2D eigenvalue weighted by molar-refractivity contribution is 5.84. The Morgan fingerprint density at radius 3 is 2.38 bits per heavy atom. The summed E-state index contributed by atoms with van der Waals surface area (Å²) in [5, 5.41) is 12.2. The van der Waals surface area contributed by atoms with Gasteiger partial charge in [0, 0.05) is 25.6 Å². The van der Waals surface area contributed by atoms with Gasteiger partial charge in [0.2, 0.25) is 5.91 Å². The molecule has 1 unspecified atom stereocenters. The minimum atomic E-state index is -0.999. The molecule has 1 fully saturated rings. The normalized spacial score (nSPS) is 19.0. The summed E-state index contributed by atoms with van der Waals surface area (Å²) in [6, 6.07) is 0.641. The molecular formula is C16H30N2O3. The highest BCUT2D eigenvalue weighted by Crippen LogP contribution is 2.31. The summed E-state index contributed by atoms with van der Waals surface area (Å²) in [5.74, 6) is -1.16. The lowest BCUT2D eigenvalue weighted by Gasteiger charge is -2.28. The first-order chi connectivity index (χ1) is 9.77. The molecule has 0 aliphatic heterocycles. The quantitative estimate of drug-likeness (QED) is 0.720. The molecule has 1 saturated carbocycles. The van der Waals surface area contributed by atoms with Gasteiger partial charge in [0.05, 0.1) is 5.41 Å². The summed E-state index contributed by atoms with van der Waals surface area (Å²) in [7, 11) is 2.09. The number of likely N-dealkylation sites (N-methyl/N-ethyl adjacent to an activating group) is 1. The van der Waals surface area contributed by atoms with E-state index in [0.717, 1.165) is 6.54 Å². The van der Waals surface area contributed by atoms with Gasteiger partial charge >= 0.3 is 5.97 Å². The van der Waals surface area contributed by atoms with Crippen LogP contribution >= 0.6 is 0 Å². The van der Waals surface area contributed by atoms with Crippen LogP contribution < -0.4 is 5.32 Å². The van der Waals surface area contributed by atoms with E-state index in [1.165, 1.54) is 25.7 Å². The number of aliphatic carboxylic acids is 1. The van der Waals surface area contributed by atoms with Crippen molar-refractivity contribution in [1.29, 1.82) is 0 Å². The third-order valence-corrected chi connectivity index (χ3v) is 5.03. The van der Waals surface area contributed by atoms with Gasteiger partial charge in [0.15, 0.2) is 0 Å². The number of carbonyl (C=O) groups is 2. The Morgan fingerprint density at radius 2 is 1.90 bits per heavy atom. The predicted molar refractivity (Wildman–Crippen MR) is 83.1 cm³/mol. The molecule has 5 heteroatoms.